The Kier molecular flexibility index (Phi) is 4.43. The third kappa shape index (κ3) is 4.01. The van der Waals surface area contributed by atoms with Crippen molar-refractivity contribution in [2.24, 2.45) is 0 Å². The summed E-state index contributed by atoms with van der Waals surface area (Å²) < 4.78 is 10.4. The molecule has 23 heavy (non-hydrogen) atoms. The van der Waals surface area contributed by atoms with E-state index < -0.39 is 0 Å². The van der Waals surface area contributed by atoms with Crippen LogP contribution in [0.4, 0.5) is 11.4 Å². The van der Waals surface area contributed by atoms with Crippen molar-refractivity contribution in [2.75, 3.05) is 12.4 Å². The van der Waals surface area contributed by atoms with Crippen molar-refractivity contribution in [1.82, 2.24) is 0 Å². The summed E-state index contributed by atoms with van der Waals surface area (Å²) >= 11 is 0. The SMILES string of the molecule is COc1ccc(Nc2cc(Cc3ccccc3)oc(=O)c2)cc1. The molecular formula is C19H17NO3. The molecule has 0 fully saturated rings. The van der Waals surface area contributed by atoms with Gasteiger partial charge >= 0.3 is 5.63 Å². The van der Waals surface area contributed by atoms with Gasteiger partial charge in [0.15, 0.2) is 0 Å². The minimum atomic E-state index is -0.366. The van der Waals surface area contributed by atoms with E-state index in [-0.39, 0.29) is 5.63 Å². The molecule has 0 atom stereocenters. The van der Waals surface area contributed by atoms with Gasteiger partial charge < -0.3 is 14.5 Å². The first-order valence-electron chi connectivity index (χ1n) is 7.32. The van der Waals surface area contributed by atoms with Gasteiger partial charge in [-0.3, -0.25) is 0 Å². The number of methoxy groups -OCH3 is 1. The van der Waals surface area contributed by atoms with E-state index >= 15 is 0 Å². The number of benzene rings is 2. The molecule has 2 aromatic carbocycles. The Balaban J connectivity index is 1.80. The first-order valence-corrected chi connectivity index (χ1v) is 7.32. The maximum atomic E-state index is 11.8. The molecule has 0 saturated heterocycles. The van der Waals surface area contributed by atoms with E-state index in [1.54, 1.807) is 7.11 Å². The maximum Gasteiger partial charge on any atom is 0.337 e. The molecule has 0 unspecified atom stereocenters. The Labute approximate surface area is 134 Å². The Hall–Kier alpha value is -3.01. The van der Waals surface area contributed by atoms with Crippen molar-refractivity contribution in [3.05, 3.63) is 88.5 Å². The van der Waals surface area contributed by atoms with Crippen LogP contribution in [-0.4, -0.2) is 7.11 Å². The van der Waals surface area contributed by atoms with Crippen LogP contribution in [0.2, 0.25) is 0 Å². The zero-order valence-electron chi connectivity index (χ0n) is 12.8. The van der Waals surface area contributed by atoms with Gasteiger partial charge in [-0.05, 0) is 29.8 Å². The maximum absolute atomic E-state index is 11.8. The molecule has 0 radical (unpaired) electrons. The zero-order valence-corrected chi connectivity index (χ0v) is 12.8. The predicted molar refractivity (Wildman–Crippen MR) is 90.5 cm³/mol. The van der Waals surface area contributed by atoms with E-state index in [1.165, 1.54) is 6.07 Å². The van der Waals surface area contributed by atoms with E-state index in [9.17, 15) is 4.79 Å². The standard InChI is InChI=1S/C19H17NO3/c1-22-17-9-7-15(8-10-17)20-16-12-18(23-19(21)13-16)11-14-5-3-2-4-6-14/h2-10,12-13,20H,11H2,1H3. The summed E-state index contributed by atoms with van der Waals surface area (Å²) in [7, 11) is 1.63. The second-order valence-corrected chi connectivity index (χ2v) is 5.15. The van der Waals surface area contributed by atoms with Gasteiger partial charge in [0.05, 0.1) is 7.11 Å². The van der Waals surface area contributed by atoms with Crippen molar-refractivity contribution in [3.8, 4) is 5.75 Å². The molecular weight excluding hydrogens is 290 g/mol. The lowest BCUT2D eigenvalue weighted by atomic mass is 10.1. The van der Waals surface area contributed by atoms with Crippen molar-refractivity contribution < 1.29 is 9.15 Å². The van der Waals surface area contributed by atoms with E-state index in [0.29, 0.717) is 17.9 Å². The van der Waals surface area contributed by atoms with E-state index in [2.05, 4.69) is 5.32 Å². The molecule has 0 saturated carbocycles. The largest absolute Gasteiger partial charge is 0.497 e. The lowest BCUT2D eigenvalue weighted by Gasteiger charge is -2.08. The normalized spacial score (nSPS) is 10.3. The van der Waals surface area contributed by atoms with Gasteiger partial charge in [0.25, 0.3) is 0 Å². The minimum Gasteiger partial charge on any atom is -0.497 e. The van der Waals surface area contributed by atoms with Crippen LogP contribution in [0.1, 0.15) is 11.3 Å². The van der Waals surface area contributed by atoms with Crippen molar-refractivity contribution in [1.29, 1.82) is 0 Å². The molecule has 3 aromatic rings. The lowest BCUT2D eigenvalue weighted by Crippen LogP contribution is -2.03. The number of rotatable bonds is 5. The molecule has 0 aliphatic carbocycles. The van der Waals surface area contributed by atoms with Crippen molar-refractivity contribution >= 4 is 11.4 Å². The number of hydrogen-bond acceptors (Lipinski definition) is 4. The molecule has 0 aliphatic heterocycles. The third-order valence-electron chi connectivity index (χ3n) is 3.42. The van der Waals surface area contributed by atoms with Gasteiger partial charge in [-0.1, -0.05) is 30.3 Å². The third-order valence-corrected chi connectivity index (χ3v) is 3.42. The van der Waals surface area contributed by atoms with Crippen LogP contribution in [-0.2, 0) is 6.42 Å². The fraction of sp³-hybridized carbons (Fsp3) is 0.105. The van der Waals surface area contributed by atoms with Gasteiger partial charge in [-0.2, -0.15) is 0 Å². The first kappa shape index (κ1) is 14.9. The average molecular weight is 307 g/mol. The van der Waals surface area contributed by atoms with Crippen LogP contribution >= 0.6 is 0 Å². The summed E-state index contributed by atoms with van der Waals surface area (Å²) in [6.07, 6.45) is 0.578. The van der Waals surface area contributed by atoms with Crippen molar-refractivity contribution in [3.63, 3.8) is 0 Å². The molecule has 1 aromatic heterocycles. The van der Waals surface area contributed by atoms with E-state index in [1.807, 2.05) is 60.7 Å². The highest BCUT2D eigenvalue weighted by molar-refractivity contribution is 5.60. The lowest BCUT2D eigenvalue weighted by molar-refractivity contribution is 0.415. The van der Waals surface area contributed by atoms with Gasteiger partial charge in [-0.15, -0.1) is 0 Å². The van der Waals surface area contributed by atoms with Gasteiger partial charge in [0, 0.05) is 29.9 Å². The van der Waals surface area contributed by atoms with Gasteiger partial charge in [-0.25, -0.2) is 4.79 Å². The summed E-state index contributed by atoms with van der Waals surface area (Å²) in [6, 6.07) is 20.7. The number of anilines is 2. The van der Waals surface area contributed by atoms with Crippen LogP contribution < -0.4 is 15.7 Å². The molecule has 4 heteroatoms. The minimum absolute atomic E-state index is 0.366. The molecule has 4 nitrogen and oxygen atoms in total. The molecule has 0 aliphatic rings. The quantitative estimate of drug-likeness (QED) is 0.774. The van der Waals surface area contributed by atoms with E-state index in [0.717, 1.165) is 17.0 Å². The highest BCUT2D eigenvalue weighted by Gasteiger charge is 2.04. The number of hydrogen-bond donors (Lipinski definition) is 1. The second-order valence-electron chi connectivity index (χ2n) is 5.15. The average Bonchev–Trinajstić information content (AvgIpc) is 2.56. The molecule has 0 bridgehead atoms. The van der Waals surface area contributed by atoms with E-state index in [4.69, 9.17) is 9.15 Å². The van der Waals surface area contributed by atoms with Crippen LogP contribution in [0.15, 0.2) is 75.9 Å². The Morgan fingerprint density at radius 3 is 2.39 bits per heavy atom. The van der Waals surface area contributed by atoms with Crippen LogP contribution in [0.3, 0.4) is 0 Å². The number of ether oxygens (including phenoxy) is 1. The zero-order chi connectivity index (χ0) is 16.1. The Bertz CT molecular complexity index is 823. The smallest absolute Gasteiger partial charge is 0.337 e. The number of nitrogens with one attached hydrogen (secondary N) is 1. The summed E-state index contributed by atoms with van der Waals surface area (Å²) in [5.41, 5.74) is 2.31. The fourth-order valence-corrected chi connectivity index (χ4v) is 2.33. The van der Waals surface area contributed by atoms with Crippen LogP contribution in [0.5, 0.6) is 5.75 Å². The molecule has 116 valence electrons. The van der Waals surface area contributed by atoms with Gasteiger partial charge in [0.1, 0.15) is 11.5 Å². The molecule has 0 spiro atoms. The van der Waals surface area contributed by atoms with Crippen LogP contribution in [0, 0.1) is 0 Å². The fourth-order valence-electron chi connectivity index (χ4n) is 2.33. The first-order chi connectivity index (χ1) is 11.2. The summed E-state index contributed by atoms with van der Waals surface area (Å²) in [5.74, 6) is 1.41. The molecule has 1 N–H and O–H groups in total. The summed E-state index contributed by atoms with van der Waals surface area (Å²) in [4.78, 5) is 11.8. The molecule has 3 rings (SSSR count). The van der Waals surface area contributed by atoms with Crippen molar-refractivity contribution in [2.45, 2.75) is 6.42 Å². The summed E-state index contributed by atoms with van der Waals surface area (Å²) in [6.45, 7) is 0. The van der Waals surface area contributed by atoms with Gasteiger partial charge in [0.2, 0.25) is 0 Å². The van der Waals surface area contributed by atoms with Crippen LogP contribution in [0.25, 0.3) is 0 Å². The molecule has 1 heterocycles. The Morgan fingerprint density at radius 1 is 0.957 bits per heavy atom. The monoisotopic (exact) mass is 307 g/mol. The molecule has 0 amide bonds. The predicted octanol–water partition coefficient (Wildman–Crippen LogP) is 3.98. The summed E-state index contributed by atoms with van der Waals surface area (Å²) in [5, 5.41) is 3.21. The highest BCUT2D eigenvalue weighted by atomic mass is 16.5. The highest BCUT2D eigenvalue weighted by Crippen LogP contribution is 2.20. The Morgan fingerprint density at radius 2 is 1.70 bits per heavy atom. The second kappa shape index (κ2) is 6.83. The topological polar surface area (TPSA) is 51.5 Å².